The Kier molecular flexibility index (Phi) is 33.3. The number of rotatable bonds is 49. The lowest BCUT2D eigenvalue weighted by atomic mass is 9.88. The van der Waals surface area contributed by atoms with E-state index in [0.717, 1.165) is 44.6 Å². The van der Waals surface area contributed by atoms with Crippen LogP contribution in [0, 0.1) is 0 Å². The zero-order valence-corrected chi connectivity index (χ0v) is 42.4. The van der Waals surface area contributed by atoms with Gasteiger partial charge in [0.05, 0.1) is 99.1 Å². The van der Waals surface area contributed by atoms with Crippen LogP contribution in [0.1, 0.15) is 110 Å². The molecule has 0 atom stereocenters. The summed E-state index contributed by atoms with van der Waals surface area (Å²) in [5.41, 5.74) is 0. The fourth-order valence-electron chi connectivity index (χ4n) is 6.68. The Bertz CT molecular complexity index is 1610. The van der Waals surface area contributed by atoms with Gasteiger partial charge in [0, 0.05) is 31.7 Å². The molecule has 0 saturated carbocycles. The molecule has 27 heteroatoms. The van der Waals surface area contributed by atoms with Crippen LogP contribution in [-0.4, -0.2) is 160 Å². The minimum absolute atomic E-state index is 0.00335. The average molecular weight is 1130 g/mol. The molecule has 1 aromatic carbocycles. The highest BCUT2D eigenvalue weighted by Gasteiger charge is 2.95. The van der Waals surface area contributed by atoms with Gasteiger partial charge in [0.25, 0.3) is 0 Å². The van der Waals surface area contributed by atoms with Gasteiger partial charge in [-0.05, 0) is 12.8 Å². The van der Waals surface area contributed by atoms with E-state index < -0.39 is 67.1 Å². The van der Waals surface area contributed by atoms with Crippen LogP contribution >= 0.6 is 0 Å². The zero-order valence-electron chi connectivity index (χ0n) is 42.4. The number of benzene rings is 1. The van der Waals surface area contributed by atoms with Crippen molar-refractivity contribution in [2.45, 2.75) is 157 Å². The summed E-state index contributed by atoms with van der Waals surface area (Å²) in [4.78, 5) is 0. The summed E-state index contributed by atoms with van der Waals surface area (Å²) in [5.74, 6) is -56.9. The van der Waals surface area contributed by atoms with Crippen molar-refractivity contribution in [1.29, 1.82) is 0 Å². The quantitative estimate of drug-likeness (QED) is 0.0464. The van der Waals surface area contributed by atoms with E-state index in [1.54, 1.807) is 7.11 Å². The van der Waals surface area contributed by atoms with E-state index in [2.05, 4.69) is 6.92 Å². The number of hydrogen-bond acceptors (Lipinski definition) is 10. The Hall–Kier alpha value is -2.85. The molecule has 0 aromatic heterocycles. The van der Waals surface area contributed by atoms with E-state index in [9.17, 15) is 74.6 Å². The molecule has 0 fully saturated rings. The second-order valence-electron chi connectivity index (χ2n) is 17.2. The highest BCUT2D eigenvalue weighted by Crippen LogP contribution is 2.64. The van der Waals surface area contributed by atoms with Gasteiger partial charge < -0.3 is 47.4 Å². The first kappa shape index (κ1) is 70.2. The first-order valence-electron chi connectivity index (χ1n) is 24.9. The molecule has 1 aromatic rings. The minimum atomic E-state index is -8.68. The maximum Gasteiger partial charge on any atom is 0.460 e. The fourth-order valence-corrected chi connectivity index (χ4v) is 6.68. The number of ether oxygens (including phenoxy) is 10. The lowest BCUT2D eigenvalue weighted by Gasteiger charge is -2.42. The molecule has 0 saturated heterocycles. The van der Waals surface area contributed by atoms with Gasteiger partial charge in [-0.2, -0.15) is 74.6 Å². The summed E-state index contributed by atoms with van der Waals surface area (Å²) >= 11 is 0. The molecule has 0 unspecified atom stereocenters. The Morgan fingerprint density at radius 1 is 0.293 bits per heavy atom. The molecule has 0 heterocycles. The molecule has 0 amide bonds. The van der Waals surface area contributed by atoms with Gasteiger partial charge >= 0.3 is 47.6 Å². The highest BCUT2D eigenvalue weighted by atomic mass is 19.4. The van der Waals surface area contributed by atoms with Crippen molar-refractivity contribution in [2.24, 2.45) is 0 Å². The van der Waals surface area contributed by atoms with E-state index >= 15 is 0 Å². The summed E-state index contributed by atoms with van der Waals surface area (Å²) in [7, 11) is 1.58. The number of unbranched alkanes of at least 4 members (excludes halogenated alkanes) is 13. The predicted octanol–water partition coefficient (Wildman–Crippen LogP) is 13.8. The lowest BCUT2D eigenvalue weighted by molar-refractivity contribution is -0.461. The molecule has 75 heavy (non-hydrogen) atoms. The van der Waals surface area contributed by atoms with Crippen LogP contribution < -0.4 is 14.2 Å². The monoisotopic (exact) mass is 1130 g/mol. The molecule has 0 N–H and O–H groups in total. The van der Waals surface area contributed by atoms with Crippen molar-refractivity contribution in [3.05, 3.63) is 18.2 Å². The minimum Gasteiger partial charge on any atom is -0.493 e. The second kappa shape index (κ2) is 35.6. The number of halogens is 17. The third-order valence-electron chi connectivity index (χ3n) is 11.1. The molecule has 444 valence electrons. The number of methoxy groups -OCH3 is 1. The third kappa shape index (κ3) is 23.6. The van der Waals surface area contributed by atoms with Crippen molar-refractivity contribution < 1.29 is 122 Å². The van der Waals surface area contributed by atoms with Crippen LogP contribution in [0.25, 0.3) is 0 Å². The lowest BCUT2D eigenvalue weighted by Crippen LogP contribution is -2.74. The SMILES string of the molecule is CCCCCCCCCCCCCCCCOc1cc(OCCCC(F)(F)C(F)(F)C(F)(F)C(F)(F)C(F)(F)C(F)(F)C(F)(F)C(F)(F)F)cc(OCCOCCOCCOCCOCCOCCOCCOC)c1. The van der Waals surface area contributed by atoms with Crippen molar-refractivity contribution in [2.75, 3.05) is 113 Å². The largest absolute Gasteiger partial charge is 0.493 e. The van der Waals surface area contributed by atoms with Crippen molar-refractivity contribution in [1.82, 2.24) is 0 Å². The van der Waals surface area contributed by atoms with E-state index in [1.165, 1.54) is 57.1 Å². The van der Waals surface area contributed by atoms with Gasteiger partial charge in [0.1, 0.15) is 23.9 Å². The topological polar surface area (TPSA) is 92.3 Å². The van der Waals surface area contributed by atoms with Gasteiger partial charge in [0.15, 0.2) is 0 Å². The highest BCUT2D eigenvalue weighted by molar-refractivity contribution is 5.42. The number of alkyl halides is 17. The number of hydrogen-bond donors (Lipinski definition) is 0. The normalized spacial score (nSPS) is 13.5. The average Bonchev–Trinajstić information content (AvgIpc) is 3.33. The molecule has 0 aliphatic heterocycles. The van der Waals surface area contributed by atoms with Crippen molar-refractivity contribution >= 4 is 0 Å². The second-order valence-corrected chi connectivity index (χ2v) is 17.2. The van der Waals surface area contributed by atoms with Crippen molar-refractivity contribution in [3.8, 4) is 17.2 Å². The molecule has 0 aliphatic rings. The Labute approximate surface area is 427 Å². The van der Waals surface area contributed by atoms with Gasteiger partial charge in [-0.15, -0.1) is 0 Å². The Morgan fingerprint density at radius 2 is 0.560 bits per heavy atom. The zero-order chi connectivity index (χ0) is 56.6. The van der Waals surface area contributed by atoms with Gasteiger partial charge in [-0.1, -0.05) is 90.4 Å². The Morgan fingerprint density at radius 3 is 0.893 bits per heavy atom. The Balaban J connectivity index is 2.76. The smallest absolute Gasteiger partial charge is 0.460 e. The van der Waals surface area contributed by atoms with E-state index in [1.807, 2.05) is 0 Å². The third-order valence-corrected chi connectivity index (χ3v) is 11.1. The van der Waals surface area contributed by atoms with Crippen LogP contribution in [0.3, 0.4) is 0 Å². The van der Waals surface area contributed by atoms with Gasteiger partial charge in [-0.3, -0.25) is 0 Å². The van der Waals surface area contributed by atoms with Crippen LogP contribution in [0.5, 0.6) is 17.2 Å². The standard InChI is InChI=1S/C48H73F17O10/c1-3-4-5-6-7-8-9-10-11-12-13-14-15-16-19-73-38-35-39(37-40(36-38)75-34-33-72-32-31-71-30-29-70-28-27-69-26-25-68-24-23-67-22-21-66-2)74-20-17-18-41(49,50)42(51,52)43(53,54)44(55,56)45(57,58)46(59,60)47(61,62)48(63,64)65/h35-37H,3-34H2,1-2H3. The van der Waals surface area contributed by atoms with Crippen LogP contribution in [0.4, 0.5) is 74.6 Å². The molecular formula is C48H73F17O10. The first-order valence-corrected chi connectivity index (χ1v) is 24.9. The first-order chi connectivity index (χ1) is 35.2. The van der Waals surface area contributed by atoms with Crippen LogP contribution in [-0.2, 0) is 33.2 Å². The van der Waals surface area contributed by atoms with Gasteiger partial charge in [0.2, 0.25) is 0 Å². The summed E-state index contributed by atoms with van der Waals surface area (Å²) in [5, 5.41) is 0. The van der Waals surface area contributed by atoms with E-state index in [-0.39, 0.29) is 63.5 Å². The summed E-state index contributed by atoms with van der Waals surface area (Å²) in [6, 6.07) is 3.72. The maximum absolute atomic E-state index is 14.5. The molecule has 0 aliphatic carbocycles. The van der Waals surface area contributed by atoms with Crippen LogP contribution in [0.15, 0.2) is 18.2 Å². The molecule has 0 radical (unpaired) electrons. The maximum atomic E-state index is 14.5. The van der Waals surface area contributed by atoms with E-state index in [4.69, 9.17) is 47.4 Å². The molecule has 0 bridgehead atoms. The van der Waals surface area contributed by atoms with Gasteiger partial charge in [-0.25, -0.2) is 0 Å². The fraction of sp³-hybridized carbons (Fsp3) is 0.875. The van der Waals surface area contributed by atoms with Crippen LogP contribution in [0.2, 0.25) is 0 Å². The molecule has 10 nitrogen and oxygen atoms in total. The van der Waals surface area contributed by atoms with Crippen molar-refractivity contribution in [3.63, 3.8) is 0 Å². The molecular weight excluding hydrogens is 1060 g/mol. The predicted molar refractivity (Wildman–Crippen MR) is 240 cm³/mol. The summed E-state index contributed by atoms with van der Waals surface area (Å²) in [6.45, 7) is 5.28. The summed E-state index contributed by atoms with van der Waals surface area (Å²) in [6.07, 6.45) is 3.44. The molecule has 1 rings (SSSR count). The molecule has 0 spiro atoms. The van der Waals surface area contributed by atoms with E-state index in [0.29, 0.717) is 59.3 Å². The summed E-state index contributed by atoms with van der Waals surface area (Å²) < 4.78 is 287.